The van der Waals surface area contributed by atoms with Gasteiger partial charge in [0, 0.05) is 22.9 Å². The molecule has 0 aliphatic heterocycles. The van der Waals surface area contributed by atoms with Gasteiger partial charge in [0.15, 0.2) is 16.7 Å². The second-order valence-electron chi connectivity index (χ2n) is 9.43. The van der Waals surface area contributed by atoms with Gasteiger partial charge in [-0.3, -0.25) is 9.52 Å². The lowest BCUT2D eigenvalue weighted by Gasteiger charge is -2.34. The molecule has 2 aromatic carbocycles. The zero-order chi connectivity index (χ0) is 30.9. The van der Waals surface area contributed by atoms with Crippen molar-refractivity contribution >= 4 is 38.6 Å². The Morgan fingerprint density at radius 1 is 1.09 bits per heavy atom. The number of hydrogen-bond acceptors (Lipinski definition) is 7. The molecule has 13 heteroatoms. The van der Waals surface area contributed by atoms with Gasteiger partial charge in [0.25, 0.3) is 5.91 Å². The van der Waals surface area contributed by atoms with Gasteiger partial charge in [-0.1, -0.05) is 30.0 Å². The maximum Gasteiger partial charge on any atom is 0.280 e. The Hall–Kier alpha value is -4.73. The summed E-state index contributed by atoms with van der Waals surface area (Å²) in [4.78, 5) is 15.2. The van der Waals surface area contributed by atoms with E-state index in [9.17, 15) is 13.2 Å². The first kappa shape index (κ1) is 29.8. The van der Waals surface area contributed by atoms with E-state index < -0.39 is 38.5 Å². The highest BCUT2D eigenvalue weighted by Crippen LogP contribution is 2.47. The number of alkyl halides is 2. The van der Waals surface area contributed by atoms with E-state index in [2.05, 4.69) is 26.6 Å². The van der Waals surface area contributed by atoms with Gasteiger partial charge in [0.05, 0.1) is 31.6 Å². The molecule has 0 saturated heterocycles. The summed E-state index contributed by atoms with van der Waals surface area (Å²) in [6.45, 7) is 0. The Bertz CT molecular complexity index is 1980. The van der Waals surface area contributed by atoms with Crippen molar-refractivity contribution in [2.24, 2.45) is 0 Å². The molecular formula is C30H23ClF2N4O5S. The third-order valence-corrected chi connectivity index (χ3v) is 7.74. The van der Waals surface area contributed by atoms with Crippen molar-refractivity contribution in [2.75, 3.05) is 20.5 Å². The molecule has 4 aromatic rings. The van der Waals surface area contributed by atoms with Crippen LogP contribution in [-0.4, -0.2) is 55.7 Å². The van der Waals surface area contributed by atoms with Gasteiger partial charge in [-0.25, -0.2) is 22.2 Å². The summed E-state index contributed by atoms with van der Waals surface area (Å²) in [7, 11) is -0.931. The SMILES string of the molecule is COc1ccc(C(=O)n2nc(OC)c3cc(C#Cc4ccccc4C4(Cl)C(F)=CC=C(NS(C)(=O)=O)C4F)cnc32)cc1. The number of halogens is 3. The topological polar surface area (TPSA) is 112 Å². The zero-order valence-corrected chi connectivity index (χ0v) is 24.5. The highest BCUT2D eigenvalue weighted by molar-refractivity contribution is 7.88. The smallest absolute Gasteiger partial charge is 0.280 e. The molecule has 2 heterocycles. The van der Waals surface area contributed by atoms with E-state index in [0.717, 1.165) is 23.1 Å². The van der Waals surface area contributed by atoms with Crippen molar-refractivity contribution in [3.8, 4) is 23.5 Å². The monoisotopic (exact) mass is 624 g/mol. The molecule has 9 nitrogen and oxygen atoms in total. The Morgan fingerprint density at radius 2 is 1.81 bits per heavy atom. The van der Waals surface area contributed by atoms with Crippen LogP contribution in [0.4, 0.5) is 8.78 Å². The number of ether oxygens (including phenoxy) is 2. The van der Waals surface area contributed by atoms with Crippen LogP contribution in [-0.2, 0) is 14.9 Å². The number of benzene rings is 2. The van der Waals surface area contributed by atoms with Gasteiger partial charge in [-0.05, 0) is 54.1 Å². The minimum Gasteiger partial charge on any atom is -0.497 e. The van der Waals surface area contributed by atoms with Crippen molar-refractivity contribution in [3.63, 3.8) is 0 Å². The average Bonchev–Trinajstić information content (AvgIpc) is 3.37. The molecule has 1 N–H and O–H groups in total. The van der Waals surface area contributed by atoms with Gasteiger partial charge in [0.1, 0.15) is 11.6 Å². The van der Waals surface area contributed by atoms with Crippen molar-refractivity contribution < 1.29 is 31.5 Å². The first-order chi connectivity index (χ1) is 20.5. The van der Waals surface area contributed by atoms with Crippen LogP contribution in [0.1, 0.15) is 27.0 Å². The van der Waals surface area contributed by atoms with Gasteiger partial charge in [0.2, 0.25) is 15.9 Å². The van der Waals surface area contributed by atoms with E-state index in [1.165, 1.54) is 32.5 Å². The number of methoxy groups -OCH3 is 2. The Morgan fingerprint density at radius 3 is 2.49 bits per heavy atom. The summed E-state index contributed by atoms with van der Waals surface area (Å²) < 4.78 is 68.0. The summed E-state index contributed by atoms with van der Waals surface area (Å²) in [6.07, 6.45) is 1.90. The fourth-order valence-electron chi connectivity index (χ4n) is 4.51. The molecule has 0 bridgehead atoms. The number of carbonyl (C=O) groups is 1. The molecule has 0 saturated carbocycles. The third-order valence-electron chi connectivity index (χ3n) is 6.55. The van der Waals surface area contributed by atoms with Crippen LogP contribution in [0, 0.1) is 11.8 Å². The lowest BCUT2D eigenvalue weighted by Crippen LogP contribution is -2.41. The molecular weight excluding hydrogens is 602 g/mol. The minimum absolute atomic E-state index is 0.00385. The van der Waals surface area contributed by atoms with Crippen LogP contribution in [0.25, 0.3) is 11.0 Å². The molecule has 43 heavy (non-hydrogen) atoms. The quantitative estimate of drug-likeness (QED) is 0.246. The molecule has 1 aliphatic carbocycles. The number of sulfonamides is 1. The number of rotatable bonds is 6. The number of pyridine rings is 1. The average molecular weight is 625 g/mol. The molecule has 2 aromatic heterocycles. The fraction of sp³-hybridized carbons (Fsp3) is 0.167. The molecule has 0 spiro atoms. The first-order valence-electron chi connectivity index (χ1n) is 12.6. The molecule has 0 radical (unpaired) electrons. The Kier molecular flexibility index (Phi) is 7.96. The van der Waals surface area contributed by atoms with E-state index in [-0.39, 0.29) is 22.7 Å². The lowest BCUT2D eigenvalue weighted by atomic mass is 9.84. The molecule has 2 unspecified atom stereocenters. The van der Waals surface area contributed by atoms with Crippen molar-refractivity contribution in [1.29, 1.82) is 0 Å². The standard InChI is InChI=1S/C30H23ClF2N4O5S/c1-41-21-12-10-20(11-13-21)29(38)37-27-22(28(35-37)42-2)16-18(17-34-27)8-9-19-6-4-5-7-23(19)30(31)25(32)15-14-24(26(30)33)36-43(3,39)40/h4-7,10-17,26,36H,1-3H3. The predicted molar refractivity (Wildman–Crippen MR) is 157 cm³/mol. The molecule has 220 valence electrons. The van der Waals surface area contributed by atoms with Crippen LogP contribution in [0.15, 0.2) is 84.5 Å². The minimum atomic E-state index is -3.86. The van der Waals surface area contributed by atoms with Crippen molar-refractivity contribution in [1.82, 2.24) is 19.5 Å². The van der Waals surface area contributed by atoms with Gasteiger partial charge < -0.3 is 9.47 Å². The molecule has 0 fully saturated rings. The number of nitrogens with one attached hydrogen (secondary N) is 1. The Balaban J connectivity index is 1.51. The largest absolute Gasteiger partial charge is 0.497 e. The van der Waals surface area contributed by atoms with E-state index in [1.807, 2.05) is 0 Å². The number of nitrogens with zero attached hydrogens (tertiary/aromatic N) is 3. The van der Waals surface area contributed by atoms with E-state index >= 15 is 8.78 Å². The number of carbonyl (C=O) groups excluding carboxylic acids is 1. The maximum atomic E-state index is 15.7. The predicted octanol–water partition coefficient (Wildman–Crippen LogP) is 4.61. The van der Waals surface area contributed by atoms with Crippen LogP contribution in [0.5, 0.6) is 11.6 Å². The van der Waals surface area contributed by atoms with Gasteiger partial charge >= 0.3 is 0 Å². The second kappa shape index (κ2) is 11.5. The first-order valence-corrected chi connectivity index (χ1v) is 14.8. The number of fused-ring (bicyclic) bond motifs is 1. The highest BCUT2D eigenvalue weighted by Gasteiger charge is 2.49. The summed E-state index contributed by atoms with van der Waals surface area (Å²) in [5.41, 5.74) is 0.749. The zero-order valence-electron chi connectivity index (χ0n) is 22.9. The Labute approximate surface area is 250 Å². The number of aromatic nitrogens is 3. The summed E-state index contributed by atoms with van der Waals surface area (Å²) >= 11 is 6.59. The highest BCUT2D eigenvalue weighted by atomic mass is 35.5. The lowest BCUT2D eigenvalue weighted by molar-refractivity contribution is 0.0948. The molecule has 2 atom stereocenters. The fourth-order valence-corrected chi connectivity index (χ4v) is 5.46. The van der Waals surface area contributed by atoms with Crippen LogP contribution in [0.2, 0.25) is 0 Å². The second-order valence-corrected chi connectivity index (χ2v) is 11.8. The normalized spacial score (nSPS) is 18.2. The third kappa shape index (κ3) is 5.69. The number of allylic oxidation sites excluding steroid dienone is 4. The van der Waals surface area contributed by atoms with Crippen molar-refractivity contribution in [2.45, 2.75) is 11.0 Å². The van der Waals surface area contributed by atoms with E-state index in [0.29, 0.717) is 22.3 Å². The van der Waals surface area contributed by atoms with Crippen LogP contribution < -0.4 is 14.2 Å². The van der Waals surface area contributed by atoms with Crippen molar-refractivity contribution in [3.05, 3.63) is 107 Å². The molecule has 5 rings (SSSR count). The van der Waals surface area contributed by atoms with Gasteiger partial charge in [-0.15, -0.1) is 16.7 Å². The summed E-state index contributed by atoms with van der Waals surface area (Å²) in [5.74, 6) is 5.07. The summed E-state index contributed by atoms with van der Waals surface area (Å²) in [5, 5.41) is 4.67. The van der Waals surface area contributed by atoms with Gasteiger partial charge in [-0.2, -0.15) is 4.68 Å². The molecule has 1 aliphatic rings. The van der Waals surface area contributed by atoms with Crippen LogP contribution >= 0.6 is 11.6 Å². The van der Waals surface area contributed by atoms with E-state index in [1.54, 1.807) is 42.5 Å². The van der Waals surface area contributed by atoms with E-state index in [4.69, 9.17) is 21.1 Å². The van der Waals surface area contributed by atoms with Crippen LogP contribution in [0.3, 0.4) is 0 Å². The molecule has 0 amide bonds. The number of hydrogen-bond donors (Lipinski definition) is 1. The summed E-state index contributed by atoms with van der Waals surface area (Å²) in [6, 6.07) is 14.2. The maximum absolute atomic E-state index is 15.7.